The zero-order valence-electron chi connectivity index (χ0n) is 14.4. The number of fused-ring (bicyclic) bond motifs is 1. The minimum atomic E-state index is -0.404. The van der Waals surface area contributed by atoms with Gasteiger partial charge in [-0.15, -0.1) is 0 Å². The molecule has 0 saturated carbocycles. The number of carbonyl (C=O) groups excluding carboxylic acids is 2. The van der Waals surface area contributed by atoms with E-state index in [0.717, 1.165) is 0 Å². The fourth-order valence-corrected chi connectivity index (χ4v) is 2.71. The number of nitriles is 1. The van der Waals surface area contributed by atoms with Crippen LogP contribution in [0.25, 0.3) is 10.9 Å². The van der Waals surface area contributed by atoms with Crippen molar-refractivity contribution >= 4 is 28.5 Å². The van der Waals surface area contributed by atoms with E-state index in [-0.39, 0.29) is 11.7 Å². The SMILES string of the molecule is CCNC(=O)c1cc(NC(=O)c2cc(C#N)cn2C)nc2ccccc12. The van der Waals surface area contributed by atoms with Crippen LogP contribution in [0.4, 0.5) is 5.82 Å². The molecule has 0 aliphatic rings. The van der Waals surface area contributed by atoms with Crippen molar-refractivity contribution in [2.24, 2.45) is 7.05 Å². The average Bonchev–Trinajstić information content (AvgIpc) is 3.02. The van der Waals surface area contributed by atoms with E-state index in [1.165, 1.54) is 6.07 Å². The van der Waals surface area contributed by atoms with Crippen molar-refractivity contribution in [3.05, 3.63) is 59.4 Å². The molecular formula is C19H17N5O2. The highest BCUT2D eigenvalue weighted by atomic mass is 16.2. The van der Waals surface area contributed by atoms with E-state index >= 15 is 0 Å². The van der Waals surface area contributed by atoms with Gasteiger partial charge in [-0.3, -0.25) is 9.59 Å². The molecule has 0 aliphatic heterocycles. The van der Waals surface area contributed by atoms with Crippen LogP contribution in [-0.2, 0) is 7.05 Å². The van der Waals surface area contributed by atoms with Crippen LogP contribution in [0.2, 0.25) is 0 Å². The number of aromatic nitrogens is 2. The molecule has 2 aromatic heterocycles. The van der Waals surface area contributed by atoms with E-state index < -0.39 is 5.91 Å². The highest BCUT2D eigenvalue weighted by molar-refractivity contribution is 6.09. The topological polar surface area (TPSA) is 99.8 Å². The first-order valence-electron chi connectivity index (χ1n) is 8.09. The van der Waals surface area contributed by atoms with Crippen molar-refractivity contribution in [1.29, 1.82) is 5.26 Å². The summed E-state index contributed by atoms with van der Waals surface area (Å²) in [5.74, 6) is -0.361. The highest BCUT2D eigenvalue weighted by Crippen LogP contribution is 2.21. The van der Waals surface area contributed by atoms with Gasteiger partial charge in [0.25, 0.3) is 11.8 Å². The van der Waals surface area contributed by atoms with Crippen LogP contribution in [0.5, 0.6) is 0 Å². The number of nitrogens with zero attached hydrogens (tertiary/aromatic N) is 3. The summed E-state index contributed by atoms with van der Waals surface area (Å²) in [7, 11) is 1.68. The van der Waals surface area contributed by atoms with E-state index in [0.29, 0.717) is 34.3 Å². The molecule has 7 heteroatoms. The minimum absolute atomic E-state index is 0.229. The second-order valence-electron chi connectivity index (χ2n) is 5.72. The number of aryl methyl sites for hydroxylation is 1. The fourth-order valence-electron chi connectivity index (χ4n) is 2.71. The first kappa shape index (κ1) is 17.2. The number of hydrogen-bond acceptors (Lipinski definition) is 4. The minimum Gasteiger partial charge on any atom is -0.352 e. The largest absolute Gasteiger partial charge is 0.352 e. The summed E-state index contributed by atoms with van der Waals surface area (Å²) in [6, 6.07) is 12.3. The van der Waals surface area contributed by atoms with Gasteiger partial charge in [-0.05, 0) is 25.1 Å². The average molecular weight is 347 g/mol. The lowest BCUT2D eigenvalue weighted by atomic mass is 10.1. The molecule has 7 nitrogen and oxygen atoms in total. The van der Waals surface area contributed by atoms with Crippen molar-refractivity contribution in [2.75, 3.05) is 11.9 Å². The Morgan fingerprint density at radius 3 is 2.69 bits per heavy atom. The van der Waals surface area contributed by atoms with Crippen molar-refractivity contribution in [1.82, 2.24) is 14.9 Å². The lowest BCUT2D eigenvalue weighted by Gasteiger charge is -2.11. The molecule has 3 aromatic rings. The number of pyridine rings is 1. The maximum atomic E-state index is 12.5. The van der Waals surface area contributed by atoms with Crippen LogP contribution in [0.3, 0.4) is 0 Å². The molecule has 2 heterocycles. The molecule has 26 heavy (non-hydrogen) atoms. The summed E-state index contributed by atoms with van der Waals surface area (Å²) >= 11 is 0. The summed E-state index contributed by atoms with van der Waals surface area (Å²) in [4.78, 5) is 29.3. The number of nitrogens with one attached hydrogen (secondary N) is 2. The van der Waals surface area contributed by atoms with Crippen LogP contribution in [0.1, 0.15) is 33.3 Å². The van der Waals surface area contributed by atoms with E-state index in [4.69, 9.17) is 5.26 Å². The molecule has 0 saturated heterocycles. The van der Waals surface area contributed by atoms with E-state index in [2.05, 4.69) is 15.6 Å². The zero-order chi connectivity index (χ0) is 18.7. The number of para-hydroxylation sites is 1. The van der Waals surface area contributed by atoms with Crippen molar-refractivity contribution in [3.8, 4) is 6.07 Å². The lowest BCUT2D eigenvalue weighted by Crippen LogP contribution is -2.23. The molecule has 130 valence electrons. The Bertz CT molecular complexity index is 1050. The molecule has 0 radical (unpaired) electrons. The van der Waals surface area contributed by atoms with Gasteiger partial charge < -0.3 is 15.2 Å². The van der Waals surface area contributed by atoms with E-state index in [1.54, 1.807) is 29.9 Å². The van der Waals surface area contributed by atoms with Gasteiger partial charge in [-0.1, -0.05) is 18.2 Å². The Hall–Kier alpha value is -3.66. The highest BCUT2D eigenvalue weighted by Gasteiger charge is 2.16. The predicted octanol–water partition coefficient (Wildman–Crippen LogP) is 2.45. The monoisotopic (exact) mass is 347 g/mol. The first-order valence-corrected chi connectivity index (χ1v) is 8.09. The quantitative estimate of drug-likeness (QED) is 0.757. The van der Waals surface area contributed by atoms with Gasteiger partial charge in [-0.25, -0.2) is 4.98 Å². The Morgan fingerprint density at radius 1 is 1.23 bits per heavy atom. The smallest absolute Gasteiger partial charge is 0.273 e. The summed E-state index contributed by atoms with van der Waals surface area (Å²) in [6.07, 6.45) is 1.57. The molecule has 2 N–H and O–H groups in total. The molecule has 1 aromatic carbocycles. The van der Waals surface area contributed by atoms with Crippen LogP contribution >= 0.6 is 0 Å². The zero-order valence-corrected chi connectivity index (χ0v) is 14.4. The van der Waals surface area contributed by atoms with Crippen molar-refractivity contribution in [3.63, 3.8) is 0 Å². The second-order valence-corrected chi connectivity index (χ2v) is 5.72. The predicted molar refractivity (Wildman–Crippen MR) is 97.8 cm³/mol. The van der Waals surface area contributed by atoms with Gasteiger partial charge >= 0.3 is 0 Å². The van der Waals surface area contributed by atoms with Gasteiger partial charge in [0.1, 0.15) is 17.6 Å². The van der Waals surface area contributed by atoms with Gasteiger partial charge in [0.15, 0.2) is 0 Å². The number of anilines is 1. The van der Waals surface area contributed by atoms with Crippen molar-refractivity contribution < 1.29 is 9.59 Å². The molecular weight excluding hydrogens is 330 g/mol. The number of rotatable bonds is 4. The van der Waals surface area contributed by atoms with Gasteiger partial charge in [0, 0.05) is 25.2 Å². The van der Waals surface area contributed by atoms with Crippen LogP contribution in [0.15, 0.2) is 42.6 Å². The van der Waals surface area contributed by atoms with Crippen LogP contribution in [-0.4, -0.2) is 27.9 Å². The van der Waals surface area contributed by atoms with Crippen molar-refractivity contribution in [2.45, 2.75) is 6.92 Å². The Morgan fingerprint density at radius 2 is 2.00 bits per heavy atom. The molecule has 0 unspecified atom stereocenters. The van der Waals surface area contributed by atoms with E-state index in [9.17, 15) is 9.59 Å². The third-order valence-corrected chi connectivity index (χ3v) is 3.91. The molecule has 0 spiro atoms. The molecule has 0 fully saturated rings. The molecule has 0 aliphatic carbocycles. The number of benzene rings is 1. The van der Waals surface area contributed by atoms with Gasteiger partial charge in [0.05, 0.1) is 16.6 Å². The Labute approximate surface area is 150 Å². The van der Waals surface area contributed by atoms with Crippen LogP contribution < -0.4 is 10.6 Å². The van der Waals surface area contributed by atoms with Crippen LogP contribution in [0, 0.1) is 11.3 Å². The molecule has 0 bridgehead atoms. The third-order valence-electron chi connectivity index (χ3n) is 3.91. The summed E-state index contributed by atoms with van der Waals surface area (Å²) in [5.41, 5.74) is 1.77. The summed E-state index contributed by atoms with van der Waals surface area (Å²) in [6.45, 7) is 2.34. The number of hydrogen-bond donors (Lipinski definition) is 2. The maximum Gasteiger partial charge on any atom is 0.273 e. The summed E-state index contributed by atoms with van der Waals surface area (Å²) < 4.78 is 1.57. The number of amides is 2. The number of carbonyl (C=O) groups is 2. The third kappa shape index (κ3) is 3.26. The fraction of sp³-hybridized carbons (Fsp3) is 0.158. The van der Waals surface area contributed by atoms with Gasteiger partial charge in [0.2, 0.25) is 0 Å². The Kier molecular flexibility index (Phi) is 4.67. The first-order chi connectivity index (χ1) is 12.5. The molecule has 0 atom stereocenters. The molecule has 2 amide bonds. The van der Waals surface area contributed by atoms with Gasteiger partial charge in [-0.2, -0.15) is 5.26 Å². The standard InChI is InChI=1S/C19H17N5O2/c1-3-21-18(25)14-9-17(22-15-7-5-4-6-13(14)15)23-19(26)16-8-12(10-20)11-24(16)2/h4-9,11H,3H2,1-2H3,(H,21,25)(H,22,23,26). The lowest BCUT2D eigenvalue weighted by molar-refractivity contribution is 0.0955. The summed E-state index contributed by atoms with van der Waals surface area (Å²) in [5, 5.41) is 15.1. The van der Waals surface area contributed by atoms with E-state index in [1.807, 2.05) is 31.2 Å². The maximum absolute atomic E-state index is 12.5. The second kappa shape index (κ2) is 7.07. The Balaban J connectivity index is 2.00. The molecule has 3 rings (SSSR count). The normalized spacial score (nSPS) is 10.3.